The lowest BCUT2D eigenvalue weighted by atomic mass is 10.3. The summed E-state index contributed by atoms with van der Waals surface area (Å²) in [4.78, 5) is 4.04. The molecule has 0 aliphatic rings. The quantitative estimate of drug-likeness (QED) is 0.806. The third-order valence-electron chi connectivity index (χ3n) is 3.59. The Morgan fingerprint density at radius 1 is 0.708 bits per heavy atom. The van der Waals surface area contributed by atoms with Crippen LogP contribution in [0, 0.1) is 0 Å². The van der Waals surface area contributed by atoms with Gasteiger partial charge in [-0.05, 0) is 48.5 Å². The molecular formula is C19H26N2O3. The summed E-state index contributed by atoms with van der Waals surface area (Å²) in [6, 6.07) is 15.5. The van der Waals surface area contributed by atoms with E-state index < -0.39 is 6.10 Å². The summed E-state index contributed by atoms with van der Waals surface area (Å²) in [6.45, 7) is 0.383. The average Bonchev–Trinajstić information content (AvgIpc) is 2.58. The van der Waals surface area contributed by atoms with E-state index in [1.54, 1.807) is 0 Å². The predicted molar refractivity (Wildman–Crippen MR) is 98.5 cm³/mol. The molecule has 0 aliphatic heterocycles. The molecule has 0 aliphatic carbocycles. The number of benzene rings is 2. The fraction of sp³-hybridized carbons (Fsp3) is 0.368. The Hall–Kier alpha value is -2.40. The Labute approximate surface area is 144 Å². The number of aliphatic hydroxyl groups is 1. The van der Waals surface area contributed by atoms with Crippen molar-refractivity contribution in [3.8, 4) is 11.5 Å². The molecule has 0 aromatic heterocycles. The monoisotopic (exact) mass is 330 g/mol. The SMILES string of the molecule is CN(C)c1ccc(OCC(O)COc2ccc(N(C)C)cc2)cc1. The highest BCUT2D eigenvalue weighted by atomic mass is 16.5. The third kappa shape index (κ3) is 5.35. The topological polar surface area (TPSA) is 45.2 Å². The maximum atomic E-state index is 9.99. The lowest BCUT2D eigenvalue weighted by Gasteiger charge is -2.16. The van der Waals surface area contributed by atoms with Crippen LogP contribution < -0.4 is 19.3 Å². The van der Waals surface area contributed by atoms with Gasteiger partial charge in [-0.25, -0.2) is 0 Å². The molecule has 5 nitrogen and oxygen atoms in total. The van der Waals surface area contributed by atoms with E-state index in [1.165, 1.54) is 0 Å². The van der Waals surface area contributed by atoms with Crippen molar-refractivity contribution in [2.45, 2.75) is 6.10 Å². The van der Waals surface area contributed by atoms with Gasteiger partial charge in [-0.15, -0.1) is 0 Å². The summed E-state index contributed by atoms with van der Waals surface area (Å²) in [6.07, 6.45) is -0.688. The van der Waals surface area contributed by atoms with Crippen molar-refractivity contribution in [3.63, 3.8) is 0 Å². The number of anilines is 2. The van der Waals surface area contributed by atoms with Crippen LogP contribution in [0.3, 0.4) is 0 Å². The van der Waals surface area contributed by atoms with Crippen molar-refractivity contribution >= 4 is 11.4 Å². The number of hydrogen-bond acceptors (Lipinski definition) is 5. The van der Waals surface area contributed by atoms with Gasteiger partial charge < -0.3 is 24.4 Å². The molecule has 24 heavy (non-hydrogen) atoms. The number of aliphatic hydroxyl groups excluding tert-OH is 1. The predicted octanol–water partition coefficient (Wildman–Crippen LogP) is 2.64. The first-order valence-electron chi connectivity index (χ1n) is 7.94. The van der Waals surface area contributed by atoms with Gasteiger partial charge in [-0.1, -0.05) is 0 Å². The van der Waals surface area contributed by atoms with E-state index in [9.17, 15) is 5.11 Å². The number of rotatable bonds is 8. The van der Waals surface area contributed by atoms with Gasteiger partial charge >= 0.3 is 0 Å². The van der Waals surface area contributed by atoms with E-state index in [4.69, 9.17) is 9.47 Å². The minimum absolute atomic E-state index is 0.192. The molecule has 1 N–H and O–H groups in total. The van der Waals surface area contributed by atoms with E-state index in [2.05, 4.69) is 0 Å². The van der Waals surface area contributed by atoms with Crippen LogP contribution in [0.2, 0.25) is 0 Å². The second-order valence-corrected chi connectivity index (χ2v) is 6.05. The summed E-state index contributed by atoms with van der Waals surface area (Å²) >= 11 is 0. The standard InChI is InChI=1S/C19H26N2O3/c1-20(2)15-5-9-18(10-6-15)23-13-17(22)14-24-19-11-7-16(8-12-19)21(3)4/h5-12,17,22H,13-14H2,1-4H3. The van der Waals surface area contributed by atoms with Crippen molar-refractivity contribution in [3.05, 3.63) is 48.5 Å². The first kappa shape index (κ1) is 17.9. The Kier molecular flexibility index (Phi) is 6.32. The zero-order valence-electron chi connectivity index (χ0n) is 14.8. The van der Waals surface area contributed by atoms with Crippen molar-refractivity contribution in [2.24, 2.45) is 0 Å². The van der Waals surface area contributed by atoms with Gasteiger partial charge in [0.25, 0.3) is 0 Å². The van der Waals surface area contributed by atoms with Gasteiger partial charge in [0.15, 0.2) is 0 Å². The minimum atomic E-state index is -0.688. The molecule has 0 amide bonds. The van der Waals surface area contributed by atoms with Gasteiger partial charge in [0, 0.05) is 39.6 Å². The van der Waals surface area contributed by atoms with Crippen LogP contribution >= 0.6 is 0 Å². The highest BCUT2D eigenvalue weighted by molar-refractivity contribution is 5.48. The fourth-order valence-electron chi connectivity index (χ4n) is 2.11. The summed E-state index contributed by atoms with van der Waals surface area (Å²) in [5.74, 6) is 1.46. The maximum Gasteiger partial charge on any atom is 0.122 e. The molecular weight excluding hydrogens is 304 g/mol. The molecule has 0 unspecified atom stereocenters. The van der Waals surface area contributed by atoms with Crippen LogP contribution in [-0.2, 0) is 0 Å². The Morgan fingerprint density at radius 2 is 1.04 bits per heavy atom. The summed E-state index contributed by atoms with van der Waals surface area (Å²) in [7, 11) is 7.95. The molecule has 2 rings (SSSR count). The van der Waals surface area contributed by atoms with E-state index in [0.29, 0.717) is 0 Å². The average molecular weight is 330 g/mol. The van der Waals surface area contributed by atoms with Crippen LogP contribution in [0.1, 0.15) is 0 Å². The molecule has 0 spiro atoms. The van der Waals surface area contributed by atoms with Crippen LogP contribution in [0.15, 0.2) is 48.5 Å². The molecule has 0 bridgehead atoms. The molecule has 0 radical (unpaired) electrons. The van der Waals surface area contributed by atoms with Crippen molar-refractivity contribution in [1.29, 1.82) is 0 Å². The van der Waals surface area contributed by atoms with Crippen molar-refractivity contribution in [1.82, 2.24) is 0 Å². The highest BCUT2D eigenvalue weighted by Gasteiger charge is 2.07. The van der Waals surface area contributed by atoms with E-state index >= 15 is 0 Å². The van der Waals surface area contributed by atoms with Gasteiger partial charge in [0.2, 0.25) is 0 Å². The number of hydrogen-bond donors (Lipinski definition) is 1. The Morgan fingerprint density at radius 3 is 1.33 bits per heavy atom. The van der Waals surface area contributed by atoms with Crippen LogP contribution in [-0.4, -0.2) is 52.6 Å². The normalized spacial score (nSPS) is 10.6. The molecule has 0 saturated heterocycles. The molecule has 0 saturated carbocycles. The van der Waals surface area contributed by atoms with E-state index in [0.717, 1.165) is 22.9 Å². The molecule has 130 valence electrons. The van der Waals surface area contributed by atoms with Gasteiger partial charge in [-0.2, -0.15) is 0 Å². The zero-order valence-corrected chi connectivity index (χ0v) is 14.8. The largest absolute Gasteiger partial charge is 0.491 e. The van der Waals surface area contributed by atoms with Crippen LogP contribution in [0.25, 0.3) is 0 Å². The highest BCUT2D eigenvalue weighted by Crippen LogP contribution is 2.19. The molecule has 2 aromatic carbocycles. The maximum absolute atomic E-state index is 9.99. The smallest absolute Gasteiger partial charge is 0.122 e. The summed E-state index contributed by atoms with van der Waals surface area (Å²) in [5.41, 5.74) is 2.21. The lowest BCUT2D eigenvalue weighted by Crippen LogP contribution is -2.25. The zero-order chi connectivity index (χ0) is 17.5. The fourth-order valence-corrected chi connectivity index (χ4v) is 2.11. The van der Waals surface area contributed by atoms with Gasteiger partial charge in [0.05, 0.1) is 0 Å². The third-order valence-corrected chi connectivity index (χ3v) is 3.59. The van der Waals surface area contributed by atoms with E-state index in [-0.39, 0.29) is 13.2 Å². The first-order valence-corrected chi connectivity index (χ1v) is 7.94. The second kappa shape index (κ2) is 8.45. The first-order chi connectivity index (χ1) is 11.5. The summed E-state index contributed by atoms with van der Waals surface area (Å²) < 4.78 is 11.2. The van der Waals surface area contributed by atoms with Gasteiger partial charge in [0.1, 0.15) is 30.8 Å². The molecule has 0 fully saturated rings. The summed E-state index contributed by atoms with van der Waals surface area (Å²) in [5, 5.41) is 9.99. The van der Waals surface area contributed by atoms with Gasteiger partial charge in [-0.3, -0.25) is 0 Å². The molecule has 0 heterocycles. The lowest BCUT2D eigenvalue weighted by molar-refractivity contribution is 0.0626. The Balaban J connectivity index is 1.75. The van der Waals surface area contributed by atoms with Crippen molar-refractivity contribution < 1.29 is 14.6 Å². The minimum Gasteiger partial charge on any atom is -0.491 e. The van der Waals surface area contributed by atoms with E-state index in [1.807, 2.05) is 86.5 Å². The molecule has 0 atom stereocenters. The second-order valence-electron chi connectivity index (χ2n) is 6.05. The van der Waals surface area contributed by atoms with Crippen LogP contribution in [0.4, 0.5) is 11.4 Å². The van der Waals surface area contributed by atoms with Crippen molar-refractivity contribution in [2.75, 3.05) is 51.2 Å². The molecule has 2 aromatic rings. The molecule has 5 heteroatoms. The van der Waals surface area contributed by atoms with Crippen LogP contribution in [0.5, 0.6) is 11.5 Å². The Bertz CT molecular complexity index is 554. The number of ether oxygens (including phenoxy) is 2. The number of nitrogens with zero attached hydrogens (tertiary/aromatic N) is 2.